The maximum absolute atomic E-state index is 5.99. The Morgan fingerprint density at radius 1 is 1.17 bits per heavy atom. The van der Waals surface area contributed by atoms with Crippen LogP contribution in [-0.4, -0.2) is 41.9 Å². The lowest BCUT2D eigenvalue weighted by Crippen LogP contribution is -2.55. The van der Waals surface area contributed by atoms with Crippen molar-refractivity contribution in [3.8, 4) is 0 Å². The molecule has 0 saturated heterocycles. The van der Waals surface area contributed by atoms with Crippen molar-refractivity contribution in [1.29, 1.82) is 0 Å². The number of hydrogen-bond acceptors (Lipinski definition) is 5. The molecule has 2 aromatic heterocycles. The maximum atomic E-state index is 5.99. The normalized spacial score (nSPS) is 20.6. The molecule has 0 saturated carbocycles. The van der Waals surface area contributed by atoms with Gasteiger partial charge in [0, 0.05) is 25.1 Å². The van der Waals surface area contributed by atoms with E-state index in [4.69, 9.17) is 4.42 Å². The Hall–Kier alpha value is -2.37. The van der Waals surface area contributed by atoms with Crippen molar-refractivity contribution in [2.24, 2.45) is 0 Å². The van der Waals surface area contributed by atoms with Crippen LogP contribution in [0.1, 0.15) is 25.3 Å². The summed E-state index contributed by atoms with van der Waals surface area (Å²) in [7, 11) is 4.24. The summed E-state index contributed by atoms with van der Waals surface area (Å²) < 4.78 is 5.99. The van der Waals surface area contributed by atoms with Gasteiger partial charge in [-0.25, -0.2) is 4.98 Å². The first kappa shape index (κ1) is 14.2. The average molecular weight is 308 g/mol. The molecule has 1 atom stereocenters. The van der Waals surface area contributed by atoms with E-state index in [0.29, 0.717) is 11.9 Å². The molecule has 0 N–H and O–H groups in total. The molecule has 0 unspecified atom stereocenters. The van der Waals surface area contributed by atoms with E-state index in [1.165, 1.54) is 5.47 Å². The molecule has 6 heteroatoms. The molecular formula is C17H21BN4O. The number of fused-ring (bicyclic) bond motifs is 3. The minimum Gasteiger partial charge on any atom is -0.436 e. The van der Waals surface area contributed by atoms with Crippen LogP contribution in [0.4, 0.5) is 5.69 Å². The zero-order chi connectivity index (χ0) is 16.3. The van der Waals surface area contributed by atoms with Gasteiger partial charge >= 0.3 is 6.98 Å². The summed E-state index contributed by atoms with van der Waals surface area (Å²) in [6, 6.07) is 4.15. The lowest BCUT2D eigenvalue weighted by molar-refractivity contribution is 0.272. The largest absolute Gasteiger partial charge is 0.436 e. The minimum atomic E-state index is 0.181. The number of rotatable bonds is 1. The Morgan fingerprint density at radius 3 is 2.65 bits per heavy atom. The van der Waals surface area contributed by atoms with Crippen LogP contribution >= 0.6 is 0 Å². The molecule has 5 nitrogen and oxygen atoms in total. The second kappa shape index (κ2) is 4.81. The summed E-state index contributed by atoms with van der Waals surface area (Å²) in [5.74, 6) is 0.901. The Bertz CT molecular complexity index is 840. The second-order valence-corrected chi connectivity index (χ2v) is 6.54. The van der Waals surface area contributed by atoms with Crippen LogP contribution in [0.2, 0.25) is 0 Å². The van der Waals surface area contributed by atoms with Crippen LogP contribution in [0.5, 0.6) is 0 Å². The molecule has 0 aromatic carbocycles. The predicted octanol–water partition coefficient (Wildman–Crippen LogP) is 3.08. The van der Waals surface area contributed by atoms with E-state index < -0.39 is 0 Å². The molecule has 4 rings (SSSR count). The van der Waals surface area contributed by atoms with Crippen molar-refractivity contribution in [2.45, 2.75) is 26.9 Å². The Morgan fingerprint density at radius 2 is 1.96 bits per heavy atom. The summed E-state index contributed by atoms with van der Waals surface area (Å²) in [6.45, 7) is 6.55. The van der Waals surface area contributed by atoms with Gasteiger partial charge in [0.25, 0.3) is 0 Å². The van der Waals surface area contributed by atoms with Gasteiger partial charge in [-0.1, -0.05) is 5.47 Å². The van der Waals surface area contributed by atoms with Crippen LogP contribution < -0.4 is 4.81 Å². The van der Waals surface area contributed by atoms with Gasteiger partial charge in [-0.2, -0.15) is 0 Å². The first-order chi connectivity index (χ1) is 11.0. The van der Waals surface area contributed by atoms with Gasteiger partial charge in [-0.3, -0.25) is 0 Å². The number of hydrogen-bond donors (Lipinski definition) is 0. The molecular weight excluding hydrogens is 287 g/mol. The highest BCUT2D eigenvalue weighted by Crippen LogP contribution is 2.39. The molecule has 0 spiro atoms. The van der Waals surface area contributed by atoms with Crippen LogP contribution in [0.15, 0.2) is 34.4 Å². The van der Waals surface area contributed by atoms with Crippen LogP contribution in [0.3, 0.4) is 0 Å². The van der Waals surface area contributed by atoms with Crippen molar-refractivity contribution in [3.63, 3.8) is 0 Å². The summed E-state index contributed by atoms with van der Waals surface area (Å²) in [5, 5.41) is 1.08. The molecule has 2 aromatic rings. The van der Waals surface area contributed by atoms with Gasteiger partial charge in [0.05, 0.1) is 17.2 Å². The molecule has 2 aliphatic heterocycles. The number of aryl methyl sites for hydroxylation is 1. The van der Waals surface area contributed by atoms with E-state index in [9.17, 15) is 0 Å². The first-order valence-electron chi connectivity index (χ1n) is 7.96. The molecule has 0 aliphatic carbocycles. The highest BCUT2D eigenvalue weighted by Gasteiger charge is 2.40. The molecule has 0 bridgehead atoms. The van der Waals surface area contributed by atoms with E-state index in [0.717, 1.165) is 22.5 Å². The second-order valence-electron chi connectivity index (χ2n) is 6.54. The molecule has 0 fully saturated rings. The van der Waals surface area contributed by atoms with Crippen molar-refractivity contribution in [3.05, 3.63) is 41.5 Å². The predicted molar refractivity (Wildman–Crippen MR) is 94.8 cm³/mol. The van der Waals surface area contributed by atoms with Gasteiger partial charge in [-0.15, -0.1) is 0 Å². The van der Waals surface area contributed by atoms with Gasteiger partial charge in [0.15, 0.2) is 5.76 Å². The van der Waals surface area contributed by atoms with E-state index in [1.54, 1.807) is 0 Å². The Balaban J connectivity index is 1.83. The lowest BCUT2D eigenvalue weighted by Gasteiger charge is -2.39. The summed E-state index contributed by atoms with van der Waals surface area (Å²) in [6.07, 6.45) is 6.76. The van der Waals surface area contributed by atoms with Crippen molar-refractivity contribution < 1.29 is 4.42 Å². The third-order valence-electron chi connectivity index (χ3n) is 4.96. The van der Waals surface area contributed by atoms with Crippen molar-refractivity contribution in [2.75, 3.05) is 18.9 Å². The van der Waals surface area contributed by atoms with Crippen LogP contribution in [0, 0.1) is 6.92 Å². The quantitative estimate of drug-likeness (QED) is 0.757. The number of nitrogens with zero attached hydrogens (tertiary/aromatic N) is 4. The van der Waals surface area contributed by atoms with E-state index in [1.807, 2.05) is 13.0 Å². The van der Waals surface area contributed by atoms with E-state index >= 15 is 0 Å². The molecule has 0 radical (unpaired) electrons. The molecule has 4 heterocycles. The number of aromatic nitrogens is 1. The lowest BCUT2D eigenvalue weighted by atomic mass is 9.61. The van der Waals surface area contributed by atoms with E-state index in [-0.39, 0.29) is 6.98 Å². The van der Waals surface area contributed by atoms with Gasteiger partial charge < -0.3 is 18.9 Å². The standard InChI is InChI=1S/C17H21BN4O/c1-11-10-15-16(14-7-6-12(2)19-17(14)23-15)21(5)18(11)22-9-8-20(4)13(22)3/h6-10,13H,1-5H3/t13-/m0/s1. The van der Waals surface area contributed by atoms with Crippen molar-refractivity contribution >= 4 is 29.8 Å². The fourth-order valence-corrected chi connectivity index (χ4v) is 3.61. The Kier molecular flexibility index (Phi) is 2.98. The third kappa shape index (κ3) is 1.97. The zero-order valence-electron chi connectivity index (χ0n) is 14.2. The molecule has 2 aliphatic rings. The minimum absolute atomic E-state index is 0.181. The van der Waals surface area contributed by atoms with Crippen LogP contribution in [0.25, 0.3) is 17.2 Å². The number of allylic oxidation sites excluding steroid dienone is 1. The fraction of sp³-hybridized carbons (Fsp3) is 0.353. The third-order valence-corrected chi connectivity index (χ3v) is 4.96. The Labute approximate surface area is 137 Å². The number of pyridine rings is 1. The first-order valence-corrected chi connectivity index (χ1v) is 7.96. The fourth-order valence-electron chi connectivity index (χ4n) is 3.61. The highest BCUT2D eigenvalue weighted by molar-refractivity contribution is 6.70. The van der Waals surface area contributed by atoms with Gasteiger partial charge in [0.2, 0.25) is 5.71 Å². The molecule has 0 amide bonds. The smallest absolute Gasteiger partial charge is 0.408 e. The van der Waals surface area contributed by atoms with E-state index in [2.05, 4.69) is 72.0 Å². The molecule has 23 heavy (non-hydrogen) atoms. The van der Waals surface area contributed by atoms with Crippen molar-refractivity contribution in [1.82, 2.24) is 14.7 Å². The summed E-state index contributed by atoms with van der Waals surface area (Å²) in [5.41, 5.74) is 4.08. The zero-order valence-corrected chi connectivity index (χ0v) is 14.2. The summed E-state index contributed by atoms with van der Waals surface area (Å²) >= 11 is 0. The average Bonchev–Trinajstić information content (AvgIpc) is 3.01. The number of furan rings is 1. The van der Waals surface area contributed by atoms with Gasteiger partial charge in [-0.05, 0) is 46.0 Å². The highest BCUT2D eigenvalue weighted by atomic mass is 16.3. The van der Waals surface area contributed by atoms with Gasteiger partial charge in [0.1, 0.15) is 0 Å². The maximum Gasteiger partial charge on any atom is 0.408 e. The summed E-state index contributed by atoms with van der Waals surface area (Å²) in [4.78, 5) is 11.4. The molecule has 118 valence electrons. The topological polar surface area (TPSA) is 35.8 Å². The SMILES string of the molecule is CC1=Cc2oc3nc(C)ccc3c2N(C)B1N1C=CN(C)[C@@H]1C. The van der Waals surface area contributed by atoms with Crippen LogP contribution in [-0.2, 0) is 0 Å². The number of anilines is 1. The monoisotopic (exact) mass is 308 g/mol.